The van der Waals surface area contributed by atoms with E-state index < -0.39 is 5.97 Å². The monoisotopic (exact) mass is 312 g/mol. The van der Waals surface area contributed by atoms with Gasteiger partial charge in [-0.2, -0.15) is 0 Å². The lowest BCUT2D eigenvalue weighted by Gasteiger charge is -2.23. The number of carbonyl (C=O) groups is 1. The highest BCUT2D eigenvalue weighted by Crippen LogP contribution is 2.29. The minimum Gasteiger partial charge on any atom is -0.481 e. The van der Waals surface area contributed by atoms with Gasteiger partial charge in [0.25, 0.3) is 0 Å². The molecule has 3 atom stereocenters. The van der Waals surface area contributed by atoms with Gasteiger partial charge >= 0.3 is 5.97 Å². The number of hydrogen-bond donors (Lipinski definition) is 1. The van der Waals surface area contributed by atoms with E-state index in [9.17, 15) is 9.90 Å². The Balaban J connectivity index is 4.34. The van der Waals surface area contributed by atoms with E-state index in [0.717, 1.165) is 18.8 Å². The van der Waals surface area contributed by atoms with Gasteiger partial charge in [0.05, 0.1) is 5.92 Å². The summed E-state index contributed by atoms with van der Waals surface area (Å²) in [6, 6.07) is 0. The number of aliphatic carboxylic acids is 1. The highest BCUT2D eigenvalue weighted by Gasteiger charge is 2.24. The molecule has 0 bridgehead atoms. The molecule has 0 aliphatic carbocycles. The molecular weight excluding hydrogens is 272 g/mol. The molecule has 0 rings (SSSR count). The highest BCUT2D eigenvalue weighted by atomic mass is 16.4. The van der Waals surface area contributed by atoms with Crippen molar-refractivity contribution in [1.29, 1.82) is 0 Å². The van der Waals surface area contributed by atoms with Crippen molar-refractivity contribution in [1.82, 2.24) is 0 Å². The molecule has 0 saturated heterocycles. The number of hydrogen-bond acceptors (Lipinski definition) is 1. The molecule has 0 aromatic rings. The Morgan fingerprint density at radius 1 is 0.864 bits per heavy atom. The van der Waals surface area contributed by atoms with Gasteiger partial charge in [-0.25, -0.2) is 0 Å². The van der Waals surface area contributed by atoms with Crippen LogP contribution in [0, 0.1) is 23.7 Å². The fourth-order valence-electron chi connectivity index (χ4n) is 3.46. The molecule has 0 amide bonds. The predicted molar refractivity (Wildman–Crippen MR) is 96.1 cm³/mol. The predicted octanol–water partition coefficient (Wildman–Crippen LogP) is 6.54. The minimum absolute atomic E-state index is 0.137. The summed E-state index contributed by atoms with van der Waals surface area (Å²) >= 11 is 0. The molecule has 0 aromatic heterocycles. The molecule has 2 nitrogen and oxygen atoms in total. The van der Waals surface area contributed by atoms with Crippen LogP contribution in [0.3, 0.4) is 0 Å². The fraction of sp³-hybridized carbons (Fsp3) is 0.950. The van der Waals surface area contributed by atoms with Crippen LogP contribution in [-0.4, -0.2) is 11.1 Å². The Kier molecular flexibility index (Phi) is 12.6. The Morgan fingerprint density at radius 3 is 2.05 bits per heavy atom. The zero-order valence-electron chi connectivity index (χ0n) is 15.7. The Morgan fingerprint density at radius 2 is 1.55 bits per heavy atom. The van der Waals surface area contributed by atoms with Gasteiger partial charge in [0.2, 0.25) is 0 Å². The summed E-state index contributed by atoms with van der Waals surface area (Å²) in [6.07, 6.45) is 11.4. The quantitative estimate of drug-likeness (QED) is 0.395. The van der Waals surface area contributed by atoms with Crippen molar-refractivity contribution in [2.24, 2.45) is 23.7 Å². The summed E-state index contributed by atoms with van der Waals surface area (Å²) in [5, 5.41) is 9.58. The van der Waals surface area contributed by atoms with Crippen LogP contribution in [0.25, 0.3) is 0 Å². The summed E-state index contributed by atoms with van der Waals surface area (Å²) in [5.74, 6) is 1.18. The van der Waals surface area contributed by atoms with Gasteiger partial charge in [-0.3, -0.25) is 4.79 Å². The Bertz CT molecular complexity index is 273. The molecule has 0 radical (unpaired) electrons. The van der Waals surface area contributed by atoms with Gasteiger partial charge in [0.1, 0.15) is 0 Å². The summed E-state index contributed by atoms with van der Waals surface area (Å²) in [7, 11) is 0. The zero-order chi connectivity index (χ0) is 17.0. The largest absolute Gasteiger partial charge is 0.481 e. The molecule has 3 unspecified atom stereocenters. The maximum Gasteiger partial charge on any atom is 0.306 e. The van der Waals surface area contributed by atoms with Crippen LogP contribution in [0.5, 0.6) is 0 Å². The smallest absolute Gasteiger partial charge is 0.306 e. The minimum atomic E-state index is -0.576. The molecule has 0 saturated carbocycles. The molecule has 22 heavy (non-hydrogen) atoms. The zero-order valence-corrected chi connectivity index (χ0v) is 15.7. The second-order valence-electron chi connectivity index (χ2n) is 7.73. The van der Waals surface area contributed by atoms with Gasteiger partial charge in [-0.05, 0) is 30.6 Å². The first-order valence-electron chi connectivity index (χ1n) is 9.63. The molecule has 0 fully saturated rings. The van der Waals surface area contributed by atoms with Crippen LogP contribution < -0.4 is 0 Å². The third-order valence-electron chi connectivity index (χ3n) is 4.80. The van der Waals surface area contributed by atoms with Crippen LogP contribution >= 0.6 is 0 Å². The molecular formula is C20H40O2. The van der Waals surface area contributed by atoms with E-state index in [4.69, 9.17) is 0 Å². The van der Waals surface area contributed by atoms with E-state index in [1.807, 2.05) is 0 Å². The highest BCUT2D eigenvalue weighted by molar-refractivity contribution is 5.69. The first-order valence-corrected chi connectivity index (χ1v) is 9.63. The van der Waals surface area contributed by atoms with Crippen molar-refractivity contribution in [3.05, 3.63) is 0 Å². The lowest BCUT2D eigenvalue weighted by molar-refractivity contribution is -0.143. The van der Waals surface area contributed by atoms with E-state index in [1.54, 1.807) is 0 Å². The van der Waals surface area contributed by atoms with Gasteiger partial charge in [-0.1, -0.05) is 86.0 Å². The molecule has 2 heteroatoms. The average molecular weight is 313 g/mol. The summed E-state index contributed by atoms with van der Waals surface area (Å²) < 4.78 is 0. The summed E-state index contributed by atoms with van der Waals surface area (Å²) in [6.45, 7) is 11.2. The first-order chi connectivity index (χ1) is 10.4. The standard InChI is InChI=1S/C20H40O2/c1-6-8-13-18(10-7-2)15-19(20(21)22)14-17(5)12-9-11-16(3)4/h16-19H,6-15H2,1-5H3,(H,21,22). The van der Waals surface area contributed by atoms with Crippen molar-refractivity contribution in [3.63, 3.8) is 0 Å². The number of unbranched alkanes of at least 4 members (excludes halogenated alkanes) is 1. The van der Waals surface area contributed by atoms with Crippen LogP contribution in [-0.2, 0) is 4.79 Å². The normalized spacial score (nSPS) is 15.7. The second-order valence-corrected chi connectivity index (χ2v) is 7.73. The van der Waals surface area contributed by atoms with E-state index in [0.29, 0.717) is 11.8 Å². The van der Waals surface area contributed by atoms with Gasteiger partial charge in [0.15, 0.2) is 0 Å². The second kappa shape index (κ2) is 13.0. The lowest BCUT2D eigenvalue weighted by Crippen LogP contribution is -2.20. The van der Waals surface area contributed by atoms with Crippen molar-refractivity contribution in [3.8, 4) is 0 Å². The maximum absolute atomic E-state index is 11.6. The van der Waals surface area contributed by atoms with Crippen LogP contribution in [0.2, 0.25) is 0 Å². The van der Waals surface area contributed by atoms with Crippen molar-refractivity contribution in [2.75, 3.05) is 0 Å². The van der Waals surface area contributed by atoms with Crippen molar-refractivity contribution < 1.29 is 9.90 Å². The lowest BCUT2D eigenvalue weighted by atomic mass is 9.82. The fourth-order valence-corrected chi connectivity index (χ4v) is 3.46. The van der Waals surface area contributed by atoms with E-state index in [-0.39, 0.29) is 5.92 Å². The molecule has 0 aromatic carbocycles. The number of rotatable bonds is 14. The van der Waals surface area contributed by atoms with Gasteiger partial charge in [0, 0.05) is 0 Å². The Labute approximate surface area is 139 Å². The topological polar surface area (TPSA) is 37.3 Å². The van der Waals surface area contributed by atoms with Crippen LogP contribution in [0.15, 0.2) is 0 Å². The summed E-state index contributed by atoms with van der Waals surface area (Å²) in [5.41, 5.74) is 0. The van der Waals surface area contributed by atoms with Crippen LogP contribution in [0.4, 0.5) is 0 Å². The van der Waals surface area contributed by atoms with Crippen molar-refractivity contribution >= 4 is 5.97 Å². The molecule has 0 aliphatic rings. The number of carboxylic acids is 1. The third kappa shape index (κ3) is 11.1. The molecule has 132 valence electrons. The van der Waals surface area contributed by atoms with E-state index >= 15 is 0 Å². The number of carboxylic acid groups (broad SMARTS) is 1. The van der Waals surface area contributed by atoms with E-state index in [2.05, 4.69) is 34.6 Å². The molecule has 0 aliphatic heterocycles. The van der Waals surface area contributed by atoms with Gasteiger partial charge < -0.3 is 5.11 Å². The van der Waals surface area contributed by atoms with Crippen molar-refractivity contribution in [2.45, 2.75) is 98.8 Å². The molecule has 0 spiro atoms. The SMILES string of the molecule is CCCCC(CCC)CC(CC(C)CCCC(C)C)C(=O)O. The van der Waals surface area contributed by atoms with Crippen LogP contribution in [0.1, 0.15) is 98.8 Å². The maximum atomic E-state index is 11.6. The first kappa shape index (κ1) is 21.5. The van der Waals surface area contributed by atoms with E-state index in [1.165, 1.54) is 51.4 Å². The molecule has 1 N–H and O–H groups in total. The Hall–Kier alpha value is -0.530. The summed E-state index contributed by atoms with van der Waals surface area (Å²) in [4.78, 5) is 11.6. The average Bonchev–Trinajstić information content (AvgIpc) is 2.43. The third-order valence-corrected chi connectivity index (χ3v) is 4.80. The molecule has 0 heterocycles. The van der Waals surface area contributed by atoms with Gasteiger partial charge in [-0.15, -0.1) is 0 Å².